The molecule has 0 aliphatic carbocycles. The molecule has 2 aliphatic heterocycles. The van der Waals surface area contributed by atoms with E-state index >= 15 is 0 Å². The first-order chi connectivity index (χ1) is 14.1. The molecule has 1 fully saturated rings. The number of benzene rings is 2. The summed E-state index contributed by atoms with van der Waals surface area (Å²) in [5, 5.41) is 4.94. The van der Waals surface area contributed by atoms with E-state index in [9.17, 15) is 14.4 Å². The molecule has 5 rings (SSSR count). The van der Waals surface area contributed by atoms with Crippen molar-refractivity contribution >= 4 is 34.2 Å². The number of likely N-dealkylation sites (tertiary alicyclic amines) is 1. The van der Waals surface area contributed by atoms with Crippen LogP contribution < -0.4 is 5.43 Å². The largest absolute Gasteiger partial charge is 0.296 e. The second-order valence-corrected chi connectivity index (χ2v) is 7.05. The van der Waals surface area contributed by atoms with Gasteiger partial charge in [-0.2, -0.15) is 5.10 Å². The van der Waals surface area contributed by atoms with Gasteiger partial charge < -0.3 is 0 Å². The summed E-state index contributed by atoms with van der Waals surface area (Å²) < 4.78 is 0. The third-order valence-electron chi connectivity index (χ3n) is 5.26. The van der Waals surface area contributed by atoms with Crippen molar-refractivity contribution in [2.75, 3.05) is 0 Å². The Hall–Kier alpha value is -3.87. The molecule has 3 heterocycles. The Morgan fingerprint density at radius 3 is 2.52 bits per heavy atom. The van der Waals surface area contributed by atoms with Crippen LogP contribution in [0.15, 0.2) is 71.8 Å². The van der Waals surface area contributed by atoms with Gasteiger partial charge in [0.25, 0.3) is 5.91 Å². The van der Waals surface area contributed by atoms with Crippen LogP contribution in [-0.4, -0.2) is 39.2 Å². The van der Waals surface area contributed by atoms with Crippen molar-refractivity contribution in [2.24, 2.45) is 11.0 Å². The van der Waals surface area contributed by atoms with Gasteiger partial charge in [-0.3, -0.25) is 24.7 Å². The fourth-order valence-corrected chi connectivity index (χ4v) is 3.78. The van der Waals surface area contributed by atoms with Gasteiger partial charge in [0.05, 0.1) is 12.1 Å². The van der Waals surface area contributed by atoms with E-state index in [0.29, 0.717) is 5.52 Å². The fourth-order valence-electron chi connectivity index (χ4n) is 3.78. The molecule has 0 bridgehead atoms. The van der Waals surface area contributed by atoms with Crippen molar-refractivity contribution in [3.8, 4) is 0 Å². The van der Waals surface area contributed by atoms with E-state index in [1.54, 1.807) is 12.1 Å². The number of fused-ring (bicyclic) bond motifs is 2. The SMILES string of the molecule is O=C(C1=NNC2C(=O)N(Cc3ccccc3)C(=O)C12)c1ccc2ccccc2n1. The van der Waals surface area contributed by atoms with Crippen LogP contribution in [0.25, 0.3) is 10.9 Å². The van der Waals surface area contributed by atoms with Gasteiger partial charge in [0, 0.05) is 5.39 Å². The second-order valence-electron chi connectivity index (χ2n) is 7.05. The lowest BCUT2D eigenvalue weighted by atomic mass is 9.94. The lowest BCUT2D eigenvalue weighted by molar-refractivity contribution is -0.140. The van der Waals surface area contributed by atoms with Crippen molar-refractivity contribution in [2.45, 2.75) is 12.6 Å². The standard InChI is InChI=1S/C22H16N4O3/c27-20(16-11-10-14-8-4-5-9-15(14)23-16)18-17-19(25-24-18)22(29)26(21(17)28)12-13-6-2-1-3-7-13/h1-11,17,19,25H,12H2. The minimum Gasteiger partial charge on any atom is -0.296 e. The van der Waals surface area contributed by atoms with Gasteiger partial charge >= 0.3 is 0 Å². The maximum absolute atomic E-state index is 13.0. The van der Waals surface area contributed by atoms with Gasteiger partial charge in [-0.1, -0.05) is 54.6 Å². The van der Waals surface area contributed by atoms with Crippen molar-refractivity contribution in [1.82, 2.24) is 15.3 Å². The number of hydrogen-bond donors (Lipinski definition) is 1. The number of hydrazone groups is 1. The maximum atomic E-state index is 13.0. The normalized spacial score (nSPS) is 20.6. The zero-order chi connectivity index (χ0) is 20.0. The molecule has 142 valence electrons. The number of pyridine rings is 1. The predicted molar refractivity (Wildman–Crippen MR) is 106 cm³/mol. The molecule has 2 amide bonds. The van der Waals surface area contributed by atoms with Crippen LogP contribution in [0.5, 0.6) is 0 Å². The molecule has 0 spiro atoms. The van der Waals surface area contributed by atoms with Crippen LogP contribution in [0, 0.1) is 5.92 Å². The molecular formula is C22H16N4O3. The number of nitrogens with one attached hydrogen (secondary N) is 1. The fraction of sp³-hybridized carbons (Fsp3) is 0.136. The average molecular weight is 384 g/mol. The molecule has 1 aromatic heterocycles. The first kappa shape index (κ1) is 17.2. The molecule has 0 saturated carbocycles. The Bertz CT molecular complexity index is 1190. The Morgan fingerprint density at radius 1 is 0.931 bits per heavy atom. The van der Waals surface area contributed by atoms with Crippen molar-refractivity contribution < 1.29 is 14.4 Å². The number of imide groups is 1. The van der Waals surface area contributed by atoms with Crippen molar-refractivity contribution in [3.05, 3.63) is 78.0 Å². The summed E-state index contributed by atoms with van der Waals surface area (Å²) in [5.41, 5.74) is 4.44. The van der Waals surface area contributed by atoms with E-state index in [1.807, 2.05) is 54.6 Å². The number of carbonyl (C=O) groups excluding carboxylic acids is 3. The smallest absolute Gasteiger partial charge is 0.254 e. The third kappa shape index (κ3) is 2.79. The third-order valence-corrected chi connectivity index (χ3v) is 5.26. The first-order valence-corrected chi connectivity index (χ1v) is 9.26. The highest BCUT2D eigenvalue weighted by atomic mass is 16.2. The van der Waals surface area contributed by atoms with Crippen molar-refractivity contribution in [1.29, 1.82) is 0 Å². The molecule has 3 aromatic rings. The van der Waals surface area contributed by atoms with E-state index in [-0.39, 0.29) is 23.9 Å². The Morgan fingerprint density at radius 2 is 1.69 bits per heavy atom. The summed E-state index contributed by atoms with van der Waals surface area (Å²) in [4.78, 5) is 44.3. The highest BCUT2D eigenvalue weighted by molar-refractivity contribution is 6.51. The zero-order valence-corrected chi connectivity index (χ0v) is 15.3. The second kappa shape index (κ2) is 6.63. The van der Waals surface area contributed by atoms with Crippen LogP contribution in [0.4, 0.5) is 0 Å². The predicted octanol–water partition coefficient (Wildman–Crippen LogP) is 1.93. The highest BCUT2D eigenvalue weighted by Gasteiger charge is 2.54. The number of aromatic nitrogens is 1. The monoisotopic (exact) mass is 384 g/mol. The number of carbonyl (C=O) groups is 3. The number of ketones is 1. The van der Waals surface area contributed by atoms with E-state index in [0.717, 1.165) is 10.9 Å². The van der Waals surface area contributed by atoms with Crippen molar-refractivity contribution in [3.63, 3.8) is 0 Å². The van der Waals surface area contributed by atoms with Gasteiger partial charge in [0.2, 0.25) is 11.7 Å². The molecule has 2 aromatic carbocycles. The Labute approximate surface area is 166 Å². The minimum absolute atomic E-state index is 0.0340. The number of para-hydroxylation sites is 1. The molecule has 2 aliphatic rings. The van der Waals surface area contributed by atoms with E-state index < -0.39 is 23.7 Å². The lowest BCUT2D eigenvalue weighted by Gasteiger charge is -2.15. The average Bonchev–Trinajstić information content (AvgIpc) is 3.30. The van der Waals surface area contributed by atoms with Crippen LogP contribution in [0.2, 0.25) is 0 Å². The molecule has 7 heteroatoms. The van der Waals surface area contributed by atoms with Gasteiger partial charge in [-0.25, -0.2) is 4.98 Å². The van der Waals surface area contributed by atoms with Crippen LogP contribution in [0.1, 0.15) is 16.1 Å². The number of hydrogen-bond acceptors (Lipinski definition) is 6. The summed E-state index contributed by atoms with van der Waals surface area (Å²) in [6.45, 7) is 0.170. The van der Waals surface area contributed by atoms with E-state index in [2.05, 4.69) is 15.5 Å². The molecule has 1 N–H and O–H groups in total. The molecule has 2 unspecified atom stereocenters. The number of rotatable bonds is 4. The zero-order valence-electron chi connectivity index (χ0n) is 15.3. The van der Waals surface area contributed by atoms with Gasteiger partial charge in [0.1, 0.15) is 23.4 Å². The minimum atomic E-state index is -0.924. The molecule has 29 heavy (non-hydrogen) atoms. The quantitative estimate of drug-likeness (QED) is 0.548. The summed E-state index contributed by atoms with van der Waals surface area (Å²) in [6, 6.07) is 19.3. The van der Waals surface area contributed by atoms with E-state index in [1.165, 1.54) is 4.90 Å². The Balaban J connectivity index is 1.43. The number of nitrogens with zero attached hydrogens (tertiary/aromatic N) is 3. The van der Waals surface area contributed by atoms with Gasteiger partial charge in [0.15, 0.2) is 0 Å². The summed E-state index contributed by atoms with van der Waals surface area (Å²) >= 11 is 0. The van der Waals surface area contributed by atoms with Crippen LogP contribution >= 0.6 is 0 Å². The Kier molecular flexibility index (Phi) is 3.94. The van der Waals surface area contributed by atoms with E-state index in [4.69, 9.17) is 0 Å². The number of Topliss-reactive ketones (excluding diaryl/α,β-unsaturated/α-hetero) is 1. The molecular weight excluding hydrogens is 368 g/mol. The van der Waals surface area contributed by atoms with Gasteiger partial charge in [-0.05, 0) is 17.7 Å². The molecule has 0 radical (unpaired) electrons. The molecule has 2 atom stereocenters. The summed E-state index contributed by atoms with van der Waals surface area (Å²) in [6.07, 6.45) is 0. The summed E-state index contributed by atoms with van der Waals surface area (Å²) in [5.74, 6) is -2.16. The van der Waals surface area contributed by atoms with Crippen LogP contribution in [-0.2, 0) is 16.1 Å². The maximum Gasteiger partial charge on any atom is 0.254 e. The summed E-state index contributed by atoms with van der Waals surface area (Å²) in [7, 11) is 0. The highest BCUT2D eigenvalue weighted by Crippen LogP contribution is 2.28. The first-order valence-electron chi connectivity index (χ1n) is 9.26. The topological polar surface area (TPSA) is 91.7 Å². The molecule has 7 nitrogen and oxygen atoms in total. The number of amides is 2. The van der Waals surface area contributed by atoms with Crippen LogP contribution in [0.3, 0.4) is 0 Å². The molecule has 1 saturated heterocycles. The van der Waals surface area contributed by atoms with Gasteiger partial charge in [-0.15, -0.1) is 0 Å². The lowest BCUT2D eigenvalue weighted by Crippen LogP contribution is -2.35.